The molecule has 14 heteroatoms. The first-order valence-electron chi connectivity index (χ1n) is 7.74. The van der Waals surface area contributed by atoms with E-state index < -0.39 is 64.5 Å². The van der Waals surface area contributed by atoms with Gasteiger partial charge in [0.15, 0.2) is 12.3 Å². The third kappa shape index (κ3) is 5.62. The summed E-state index contributed by atoms with van der Waals surface area (Å²) < 4.78 is 45.0. The quantitative estimate of drug-likeness (QED) is 0.270. The molecule has 1 saturated heterocycles. The SMILES string of the molecule is CC(=O)OC[C@H]1O[C@@H](n2cc(I)c(=O)[nH]c2=O)[C@H](OC(C)=O)[C@H]1OS(C)(=O)=O. The molecule has 1 N–H and O–H groups in total. The third-order valence-corrected chi connectivity index (χ3v) is 4.86. The van der Waals surface area contributed by atoms with Gasteiger partial charge in [0.25, 0.3) is 15.7 Å². The number of halogens is 1. The van der Waals surface area contributed by atoms with Crippen molar-refractivity contribution in [1.29, 1.82) is 0 Å². The summed E-state index contributed by atoms with van der Waals surface area (Å²) in [4.78, 5) is 48.5. The van der Waals surface area contributed by atoms with E-state index in [-0.39, 0.29) is 3.57 Å². The molecule has 156 valence electrons. The Balaban J connectivity index is 2.52. The Hall–Kier alpha value is -1.78. The van der Waals surface area contributed by atoms with Crippen molar-refractivity contribution in [3.63, 3.8) is 0 Å². The molecule has 0 saturated carbocycles. The Labute approximate surface area is 172 Å². The summed E-state index contributed by atoms with van der Waals surface area (Å²) in [7, 11) is -4.04. The lowest BCUT2D eigenvalue weighted by Crippen LogP contribution is -2.42. The third-order valence-electron chi connectivity index (χ3n) is 3.52. The Morgan fingerprint density at radius 3 is 2.43 bits per heavy atom. The van der Waals surface area contributed by atoms with Gasteiger partial charge >= 0.3 is 17.6 Å². The lowest BCUT2D eigenvalue weighted by molar-refractivity contribution is -0.155. The Bertz CT molecular complexity index is 985. The molecule has 0 amide bonds. The second kappa shape index (κ2) is 8.71. The number of nitrogens with zero attached hydrogens (tertiary/aromatic N) is 1. The van der Waals surface area contributed by atoms with Gasteiger partial charge in [0.05, 0.1) is 9.83 Å². The average molecular weight is 532 g/mol. The molecule has 0 spiro atoms. The molecule has 12 nitrogen and oxygen atoms in total. The second-order valence-corrected chi connectivity index (χ2v) is 8.61. The van der Waals surface area contributed by atoms with Gasteiger partial charge in [-0.15, -0.1) is 0 Å². The molecular formula is C14H17IN2O10S. The summed E-state index contributed by atoms with van der Waals surface area (Å²) in [6.07, 6.45) is -3.36. The highest BCUT2D eigenvalue weighted by atomic mass is 127. The number of carbonyl (C=O) groups is 2. The minimum atomic E-state index is -4.04. The lowest BCUT2D eigenvalue weighted by Gasteiger charge is -2.23. The minimum absolute atomic E-state index is 0.131. The zero-order chi connectivity index (χ0) is 21.2. The maximum atomic E-state index is 12.2. The summed E-state index contributed by atoms with van der Waals surface area (Å²) in [6.45, 7) is 1.80. The number of hydrogen-bond acceptors (Lipinski definition) is 10. The van der Waals surface area contributed by atoms with Crippen LogP contribution in [0.3, 0.4) is 0 Å². The summed E-state index contributed by atoms with van der Waals surface area (Å²) in [5, 5.41) is 0. The summed E-state index contributed by atoms with van der Waals surface area (Å²) in [5.41, 5.74) is -1.51. The first-order valence-corrected chi connectivity index (χ1v) is 10.6. The maximum Gasteiger partial charge on any atom is 0.330 e. The number of nitrogens with one attached hydrogen (secondary N) is 1. The summed E-state index contributed by atoms with van der Waals surface area (Å²) in [6, 6.07) is 0. The van der Waals surface area contributed by atoms with Crippen molar-refractivity contribution in [3.05, 3.63) is 30.6 Å². The smallest absolute Gasteiger partial charge is 0.330 e. The fourth-order valence-corrected chi connectivity index (χ4v) is 3.62. The normalized spacial score (nSPS) is 24.7. The van der Waals surface area contributed by atoms with Crippen LogP contribution >= 0.6 is 22.6 Å². The Morgan fingerprint density at radius 1 is 1.25 bits per heavy atom. The number of aromatic amines is 1. The lowest BCUT2D eigenvalue weighted by atomic mass is 10.1. The van der Waals surface area contributed by atoms with Crippen molar-refractivity contribution in [1.82, 2.24) is 9.55 Å². The fourth-order valence-electron chi connectivity index (χ4n) is 2.55. The monoisotopic (exact) mass is 532 g/mol. The Morgan fingerprint density at radius 2 is 1.89 bits per heavy atom. The number of rotatable bonds is 6. The maximum absolute atomic E-state index is 12.2. The minimum Gasteiger partial charge on any atom is -0.463 e. The van der Waals surface area contributed by atoms with E-state index in [2.05, 4.69) is 4.98 Å². The van der Waals surface area contributed by atoms with Crippen LogP contribution in [0.1, 0.15) is 20.1 Å². The van der Waals surface area contributed by atoms with Gasteiger partial charge in [0, 0.05) is 20.0 Å². The molecule has 0 aromatic carbocycles. The number of H-pyrrole nitrogens is 1. The van der Waals surface area contributed by atoms with Crippen LogP contribution in [0.15, 0.2) is 15.8 Å². The average Bonchev–Trinajstić information content (AvgIpc) is 2.84. The van der Waals surface area contributed by atoms with E-state index in [4.69, 9.17) is 18.4 Å². The first kappa shape index (κ1) is 22.5. The summed E-state index contributed by atoms with van der Waals surface area (Å²) >= 11 is 1.68. The van der Waals surface area contributed by atoms with E-state index in [1.54, 1.807) is 22.6 Å². The van der Waals surface area contributed by atoms with Crippen LogP contribution < -0.4 is 11.2 Å². The molecule has 1 aromatic rings. The highest BCUT2D eigenvalue weighted by molar-refractivity contribution is 14.1. The number of ether oxygens (including phenoxy) is 3. The van der Waals surface area contributed by atoms with E-state index in [9.17, 15) is 27.6 Å². The molecule has 4 atom stereocenters. The van der Waals surface area contributed by atoms with Gasteiger partial charge in [0.2, 0.25) is 0 Å². The van der Waals surface area contributed by atoms with Crippen molar-refractivity contribution >= 4 is 44.6 Å². The largest absolute Gasteiger partial charge is 0.463 e. The Kier molecular flexibility index (Phi) is 7.00. The highest BCUT2D eigenvalue weighted by Gasteiger charge is 2.51. The molecule has 2 heterocycles. The van der Waals surface area contributed by atoms with Crippen LogP contribution in [0, 0.1) is 3.57 Å². The van der Waals surface area contributed by atoms with Gasteiger partial charge in [0.1, 0.15) is 18.8 Å². The molecule has 0 radical (unpaired) electrons. The van der Waals surface area contributed by atoms with Crippen LogP contribution in [0.5, 0.6) is 0 Å². The molecule has 0 unspecified atom stereocenters. The fraction of sp³-hybridized carbons (Fsp3) is 0.571. The van der Waals surface area contributed by atoms with E-state index >= 15 is 0 Å². The number of esters is 2. The molecule has 1 fully saturated rings. The van der Waals surface area contributed by atoms with Crippen molar-refractivity contribution in [3.8, 4) is 0 Å². The standard InChI is InChI=1S/C14H17IN2O10S/c1-6(18)24-5-9-10(27-28(3,22)23)11(25-7(2)19)13(26-9)17-4-8(15)12(20)16-14(17)21/h4,9-11,13H,5H2,1-3H3,(H,16,20,21)/t9-,10+,11-,13-/m1/s1. The molecular weight excluding hydrogens is 515 g/mol. The number of carbonyl (C=O) groups excluding carboxylic acids is 2. The van der Waals surface area contributed by atoms with Crippen LogP contribution in [0.2, 0.25) is 0 Å². The van der Waals surface area contributed by atoms with Crippen molar-refractivity contribution in [2.24, 2.45) is 0 Å². The molecule has 1 aliphatic heterocycles. The van der Waals surface area contributed by atoms with E-state index in [1.807, 2.05) is 0 Å². The van der Waals surface area contributed by atoms with Gasteiger partial charge in [-0.2, -0.15) is 8.42 Å². The van der Waals surface area contributed by atoms with Crippen molar-refractivity contribution in [2.45, 2.75) is 38.4 Å². The van der Waals surface area contributed by atoms with Gasteiger partial charge in [-0.3, -0.25) is 28.1 Å². The molecule has 0 bridgehead atoms. The van der Waals surface area contributed by atoms with Gasteiger partial charge in [-0.1, -0.05) is 0 Å². The topological polar surface area (TPSA) is 160 Å². The molecule has 0 aliphatic carbocycles. The van der Waals surface area contributed by atoms with Crippen molar-refractivity contribution < 1.29 is 36.4 Å². The highest BCUT2D eigenvalue weighted by Crippen LogP contribution is 2.34. The predicted octanol–water partition coefficient (Wildman–Crippen LogP) is -1.12. The van der Waals surface area contributed by atoms with Crippen molar-refractivity contribution in [2.75, 3.05) is 12.9 Å². The molecule has 2 rings (SSSR count). The molecule has 1 aromatic heterocycles. The van der Waals surface area contributed by atoms with E-state index in [0.717, 1.165) is 30.9 Å². The second-order valence-electron chi connectivity index (χ2n) is 5.85. The number of hydrogen-bond donors (Lipinski definition) is 1. The van der Waals surface area contributed by atoms with Crippen LogP contribution in [-0.4, -0.2) is 61.1 Å². The van der Waals surface area contributed by atoms with E-state index in [1.165, 1.54) is 0 Å². The van der Waals surface area contributed by atoms with Gasteiger partial charge < -0.3 is 14.2 Å². The zero-order valence-corrected chi connectivity index (χ0v) is 17.9. The number of aromatic nitrogens is 2. The van der Waals surface area contributed by atoms with Crippen LogP contribution in [0.25, 0.3) is 0 Å². The van der Waals surface area contributed by atoms with Gasteiger partial charge in [-0.25, -0.2) is 4.79 Å². The van der Waals surface area contributed by atoms with Crippen LogP contribution in [0.4, 0.5) is 0 Å². The zero-order valence-electron chi connectivity index (χ0n) is 14.9. The predicted molar refractivity (Wildman–Crippen MR) is 99.9 cm³/mol. The molecule has 28 heavy (non-hydrogen) atoms. The van der Waals surface area contributed by atoms with Crippen LogP contribution in [-0.2, 0) is 38.1 Å². The summed E-state index contributed by atoms with van der Waals surface area (Å²) in [5.74, 6) is -1.45. The van der Waals surface area contributed by atoms with E-state index in [0.29, 0.717) is 0 Å². The molecule has 1 aliphatic rings. The van der Waals surface area contributed by atoms with Gasteiger partial charge in [-0.05, 0) is 22.6 Å². The first-order chi connectivity index (χ1) is 12.9.